The number of carbonyl (C=O) groups is 1. The quantitative estimate of drug-likeness (QED) is 0.732. The molecule has 0 aromatic heterocycles. The summed E-state index contributed by atoms with van der Waals surface area (Å²) in [5.74, 6) is 0.502. The number of hydrogen-bond acceptors (Lipinski definition) is 3. The van der Waals surface area contributed by atoms with Crippen LogP contribution in [0.2, 0.25) is 5.02 Å². The molecule has 3 nitrogen and oxygen atoms in total. The highest BCUT2D eigenvalue weighted by Crippen LogP contribution is 2.33. The van der Waals surface area contributed by atoms with Gasteiger partial charge in [0.05, 0.1) is 4.91 Å². The Morgan fingerprint density at radius 2 is 2.24 bits per heavy atom. The predicted molar refractivity (Wildman–Crippen MR) is 89.4 cm³/mol. The van der Waals surface area contributed by atoms with Crippen molar-refractivity contribution in [2.75, 3.05) is 13.1 Å². The maximum absolute atomic E-state index is 12.1. The van der Waals surface area contributed by atoms with E-state index < -0.39 is 0 Å². The Morgan fingerprint density at radius 3 is 3.00 bits per heavy atom. The van der Waals surface area contributed by atoms with Crippen LogP contribution < -0.4 is 0 Å². The minimum Gasteiger partial charge on any atom is -0.351 e. The summed E-state index contributed by atoms with van der Waals surface area (Å²) in [5, 5.41) is 1.49. The van der Waals surface area contributed by atoms with Crippen molar-refractivity contribution in [3.05, 3.63) is 39.8 Å². The average Bonchev–Trinajstić information content (AvgIpc) is 2.83. The molecular weight excluding hydrogens is 304 g/mol. The zero-order valence-electron chi connectivity index (χ0n) is 11.9. The van der Waals surface area contributed by atoms with Gasteiger partial charge in [-0.05, 0) is 48.2 Å². The molecule has 2 aliphatic rings. The number of likely N-dealkylation sites (tertiary alicyclic amines) is 1. The van der Waals surface area contributed by atoms with Crippen molar-refractivity contribution in [2.24, 2.45) is 10.9 Å². The number of thioether (sulfide) groups is 1. The van der Waals surface area contributed by atoms with Gasteiger partial charge in [-0.3, -0.25) is 4.79 Å². The lowest BCUT2D eigenvalue weighted by molar-refractivity contribution is -0.113. The Morgan fingerprint density at radius 1 is 1.43 bits per heavy atom. The number of benzene rings is 1. The van der Waals surface area contributed by atoms with Crippen LogP contribution in [0.5, 0.6) is 0 Å². The lowest BCUT2D eigenvalue weighted by Crippen LogP contribution is -2.37. The monoisotopic (exact) mass is 320 g/mol. The second-order valence-electron chi connectivity index (χ2n) is 5.53. The number of piperidine rings is 1. The molecule has 110 valence electrons. The molecule has 0 aliphatic carbocycles. The third-order valence-electron chi connectivity index (χ3n) is 3.73. The first-order valence-corrected chi connectivity index (χ1v) is 8.35. The lowest BCUT2D eigenvalue weighted by Gasteiger charge is -2.31. The molecule has 0 radical (unpaired) electrons. The molecule has 0 spiro atoms. The van der Waals surface area contributed by atoms with E-state index in [-0.39, 0.29) is 5.91 Å². The molecular formula is C16H17ClN2OS. The summed E-state index contributed by atoms with van der Waals surface area (Å²) >= 11 is 7.60. The largest absolute Gasteiger partial charge is 0.351 e. The lowest BCUT2D eigenvalue weighted by atomic mass is 10.0. The fourth-order valence-electron chi connectivity index (χ4n) is 2.63. The van der Waals surface area contributed by atoms with Crippen LogP contribution in [-0.2, 0) is 4.79 Å². The van der Waals surface area contributed by atoms with E-state index in [1.54, 1.807) is 0 Å². The normalized spacial score (nSPS) is 24.6. The molecule has 0 unspecified atom stereocenters. The summed E-state index contributed by atoms with van der Waals surface area (Å²) in [5.41, 5.74) is 0.860. The van der Waals surface area contributed by atoms with Crippen LogP contribution in [0, 0.1) is 5.92 Å². The molecule has 5 heteroatoms. The van der Waals surface area contributed by atoms with Gasteiger partial charge in [0.1, 0.15) is 0 Å². The molecule has 1 aromatic carbocycles. The van der Waals surface area contributed by atoms with Crippen molar-refractivity contribution in [2.45, 2.75) is 19.8 Å². The fourth-order valence-corrected chi connectivity index (χ4v) is 3.76. The van der Waals surface area contributed by atoms with Gasteiger partial charge in [-0.15, -0.1) is 0 Å². The highest BCUT2D eigenvalue weighted by molar-refractivity contribution is 8.18. The Labute approximate surface area is 134 Å². The van der Waals surface area contributed by atoms with Gasteiger partial charge in [0.15, 0.2) is 5.17 Å². The standard InChI is InChI=1S/C16H17ClN2OS/c1-11-5-4-8-19(10-11)16-18-15(20)14(21-16)9-12-6-2-3-7-13(12)17/h2-3,6-7,9,11H,4-5,8,10H2,1H3/b14-9+/t11-/m0/s1. The van der Waals surface area contributed by atoms with Crippen molar-refractivity contribution < 1.29 is 4.79 Å². The molecule has 0 bridgehead atoms. The maximum atomic E-state index is 12.1. The summed E-state index contributed by atoms with van der Waals surface area (Å²) in [6.07, 6.45) is 4.25. The van der Waals surface area contributed by atoms with Gasteiger partial charge in [0.2, 0.25) is 0 Å². The van der Waals surface area contributed by atoms with Gasteiger partial charge in [-0.1, -0.05) is 36.7 Å². The third-order valence-corrected chi connectivity index (χ3v) is 5.12. The number of nitrogens with zero attached hydrogens (tertiary/aromatic N) is 2. The highest BCUT2D eigenvalue weighted by Gasteiger charge is 2.28. The first-order valence-electron chi connectivity index (χ1n) is 7.15. The van der Waals surface area contributed by atoms with Crippen molar-refractivity contribution in [1.29, 1.82) is 0 Å². The zero-order chi connectivity index (χ0) is 14.8. The van der Waals surface area contributed by atoms with Crippen LogP contribution in [-0.4, -0.2) is 29.1 Å². The molecule has 1 fully saturated rings. The smallest absolute Gasteiger partial charge is 0.286 e. The number of amidine groups is 1. The van der Waals surface area contributed by atoms with Crippen molar-refractivity contribution >= 4 is 40.5 Å². The number of rotatable bonds is 1. The first kappa shape index (κ1) is 14.7. The van der Waals surface area contributed by atoms with Crippen molar-refractivity contribution in [3.63, 3.8) is 0 Å². The van der Waals surface area contributed by atoms with E-state index in [2.05, 4.69) is 16.8 Å². The van der Waals surface area contributed by atoms with Crippen LogP contribution in [0.3, 0.4) is 0 Å². The van der Waals surface area contributed by atoms with Gasteiger partial charge in [0.25, 0.3) is 5.91 Å². The first-order chi connectivity index (χ1) is 10.1. The Kier molecular flexibility index (Phi) is 4.36. The van der Waals surface area contributed by atoms with E-state index in [0.29, 0.717) is 15.8 Å². The molecule has 0 N–H and O–H groups in total. The molecule has 2 heterocycles. The minimum absolute atomic E-state index is 0.159. The predicted octanol–water partition coefficient (Wildman–Crippen LogP) is 4.04. The van der Waals surface area contributed by atoms with Gasteiger partial charge in [-0.25, -0.2) is 0 Å². The van der Waals surface area contributed by atoms with E-state index >= 15 is 0 Å². The average molecular weight is 321 g/mol. The van der Waals surface area contributed by atoms with E-state index in [1.165, 1.54) is 24.6 Å². The Balaban J connectivity index is 1.77. The SMILES string of the molecule is C[C@H]1CCCN(C2=NC(=O)/C(=C\c3ccccc3Cl)S2)C1. The van der Waals surface area contributed by atoms with Crippen LogP contribution in [0.4, 0.5) is 0 Å². The number of amides is 1. The Hall–Kier alpha value is -1.26. The second-order valence-corrected chi connectivity index (χ2v) is 6.94. The molecule has 3 rings (SSSR count). The van der Waals surface area contributed by atoms with Crippen molar-refractivity contribution in [1.82, 2.24) is 4.90 Å². The highest BCUT2D eigenvalue weighted by atomic mass is 35.5. The fraction of sp³-hybridized carbons (Fsp3) is 0.375. The van der Waals surface area contributed by atoms with E-state index in [4.69, 9.17) is 11.6 Å². The molecule has 1 saturated heterocycles. The van der Waals surface area contributed by atoms with E-state index in [0.717, 1.165) is 23.8 Å². The summed E-state index contributed by atoms with van der Waals surface area (Å²) in [7, 11) is 0. The van der Waals surface area contributed by atoms with Crippen LogP contribution in [0.1, 0.15) is 25.3 Å². The molecule has 1 aromatic rings. The topological polar surface area (TPSA) is 32.7 Å². The molecule has 1 amide bonds. The van der Waals surface area contributed by atoms with Crippen LogP contribution in [0.25, 0.3) is 6.08 Å². The summed E-state index contributed by atoms with van der Waals surface area (Å²) in [4.78, 5) is 19.2. The third kappa shape index (κ3) is 3.33. The summed E-state index contributed by atoms with van der Waals surface area (Å²) in [6.45, 7) is 4.22. The molecule has 2 aliphatic heterocycles. The van der Waals surface area contributed by atoms with E-state index in [1.807, 2.05) is 30.3 Å². The molecule has 1 atom stereocenters. The number of halogens is 1. The number of carbonyl (C=O) groups excluding carboxylic acids is 1. The van der Waals surface area contributed by atoms with Gasteiger partial charge >= 0.3 is 0 Å². The minimum atomic E-state index is -0.159. The van der Waals surface area contributed by atoms with Gasteiger partial charge < -0.3 is 4.90 Å². The van der Waals surface area contributed by atoms with Gasteiger partial charge in [-0.2, -0.15) is 4.99 Å². The van der Waals surface area contributed by atoms with Crippen molar-refractivity contribution in [3.8, 4) is 0 Å². The van der Waals surface area contributed by atoms with E-state index in [9.17, 15) is 4.79 Å². The Bertz CT molecular complexity index is 626. The summed E-state index contributed by atoms with van der Waals surface area (Å²) in [6, 6.07) is 7.53. The van der Waals surface area contributed by atoms with Gasteiger partial charge in [0, 0.05) is 18.1 Å². The number of aliphatic imine (C=N–C) groups is 1. The zero-order valence-corrected chi connectivity index (χ0v) is 13.5. The number of hydrogen-bond donors (Lipinski definition) is 0. The van der Waals surface area contributed by atoms with Crippen LogP contribution in [0.15, 0.2) is 34.2 Å². The maximum Gasteiger partial charge on any atom is 0.286 e. The van der Waals surface area contributed by atoms with Crippen LogP contribution >= 0.6 is 23.4 Å². The summed E-state index contributed by atoms with van der Waals surface area (Å²) < 4.78 is 0. The second kappa shape index (κ2) is 6.24. The molecule has 0 saturated carbocycles. The molecule has 21 heavy (non-hydrogen) atoms.